The van der Waals surface area contributed by atoms with Gasteiger partial charge < -0.3 is 17.3 Å². The lowest BCUT2D eigenvalue weighted by atomic mass is 10.3. The third-order valence-electron chi connectivity index (χ3n) is 2.91. The van der Waals surface area contributed by atoms with E-state index < -0.39 is 0 Å². The van der Waals surface area contributed by atoms with Gasteiger partial charge in [0.15, 0.2) is 0 Å². The Labute approximate surface area is 148 Å². The Kier molecular flexibility index (Phi) is 9.49. The zero-order valence-corrected chi connectivity index (χ0v) is 15.6. The van der Waals surface area contributed by atoms with Crippen LogP contribution < -0.4 is 17.3 Å². The van der Waals surface area contributed by atoms with Gasteiger partial charge in [-0.05, 0) is 18.6 Å². The van der Waals surface area contributed by atoms with E-state index in [4.69, 9.17) is 23.2 Å². The number of amides is 2. The van der Waals surface area contributed by atoms with Crippen LogP contribution in [0, 0.1) is 0 Å². The van der Waals surface area contributed by atoms with E-state index >= 15 is 0 Å². The average molecular weight is 367 g/mol. The molecule has 0 atom stereocenters. The van der Waals surface area contributed by atoms with Crippen molar-refractivity contribution < 1.29 is 21.8 Å². The van der Waals surface area contributed by atoms with Crippen LogP contribution in [0.1, 0.15) is 19.8 Å². The molecule has 1 aromatic rings. The fourth-order valence-corrected chi connectivity index (χ4v) is 2.06. The molecule has 0 aliphatic carbocycles. The molecule has 0 saturated carbocycles. The second kappa shape index (κ2) is 9.93. The minimum Gasteiger partial charge on any atom is -1.00 e. The highest BCUT2D eigenvalue weighted by atomic mass is 35.5. The van der Waals surface area contributed by atoms with E-state index in [1.165, 1.54) is 0 Å². The van der Waals surface area contributed by atoms with Gasteiger partial charge in [0.2, 0.25) is 6.34 Å². The molecule has 0 aliphatic rings. The van der Waals surface area contributed by atoms with Gasteiger partial charge in [0, 0.05) is 19.7 Å². The second-order valence-electron chi connectivity index (χ2n) is 5.11. The maximum atomic E-state index is 12.6. The summed E-state index contributed by atoms with van der Waals surface area (Å²) in [7, 11) is 5.53. The molecule has 0 radical (unpaired) electrons. The van der Waals surface area contributed by atoms with Crippen LogP contribution in [0.3, 0.4) is 0 Å². The molecule has 22 heavy (non-hydrogen) atoms. The number of halogens is 3. The van der Waals surface area contributed by atoms with E-state index in [1.807, 2.05) is 18.7 Å². The maximum Gasteiger partial charge on any atom is 0.415 e. The first-order valence-corrected chi connectivity index (χ1v) is 7.63. The smallest absolute Gasteiger partial charge is 0.415 e. The lowest BCUT2D eigenvalue weighted by Crippen LogP contribution is -3.00. The number of unbranched alkanes of at least 4 members (excludes halogenated alkanes) is 1. The molecular formula is C15H22Cl3N3O. The monoisotopic (exact) mass is 365 g/mol. The van der Waals surface area contributed by atoms with Gasteiger partial charge in [-0.25, -0.2) is 4.79 Å². The molecular weight excluding hydrogens is 345 g/mol. The molecule has 0 aliphatic heterocycles. The zero-order chi connectivity index (χ0) is 16.0. The van der Waals surface area contributed by atoms with E-state index in [2.05, 4.69) is 6.92 Å². The molecule has 124 valence electrons. The van der Waals surface area contributed by atoms with Gasteiger partial charge in [-0.15, -0.1) is 4.90 Å². The Balaban J connectivity index is 0.00000441. The molecule has 0 N–H and O–H groups in total. The average Bonchev–Trinajstić information content (AvgIpc) is 2.44. The van der Waals surface area contributed by atoms with Gasteiger partial charge >= 0.3 is 6.03 Å². The van der Waals surface area contributed by atoms with Crippen LogP contribution in [-0.2, 0) is 0 Å². The summed E-state index contributed by atoms with van der Waals surface area (Å²) < 4.78 is 1.81. The number of carbonyl (C=O) groups is 1. The van der Waals surface area contributed by atoms with Crippen molar-refractivity contribution in [3.8, 4) is 0 Å². The number of nitrogens with zero attached hydrogens (tertiary/aromatic N) is 3. The number of urea groups is 1. The summed E-state index contributed by atoms with van der Waals surface area (Å²) in [6.07, 6.45) is 3.74. The third-order valence-corrected chi connectivity index (χ3v) is 3.65. The molecule has 2 amide bonds. The summed E-state index contributed by atoms with van der Waals surface area (Å²) in [6.45, 7) is 2.81. The van der Waals surface area contributed by atoms with Crippen LogP contribution in [0.5, 0.6) is 0 Å². The SMILES string of the molecule is CCCCN(C)C(=O)N(C=[N+](C)C)c1ccc(Cl)c(Cl)c1.[Cl-]. The van der Waals surface area contributed by atoms with Gasteiger partial charge in [0.1, 0.15) is 5.69 Å². The van der Waals surface area contributed by atoms with Crippen molar-refractivity contribution in [2.24, 2.45) is 0 Å². The third kappa shape index (κ3) is 6.03. The predicted octanol–water partition coefficient (Wildman–Crippen LogP) is 0.956. The fourth-order valence-electron chi connectivity index (χ4n) is 1.77. The van der Waals surface area contributed by atoms with Gasteiger partial charge in [-0.3, -0.25) is 4.58 Å². The maximum absolute atomic E-state index is 12.6. The Bertz CT molecular complexity index is 531. The van der Waals surface area contributed by atoms with Crippen LogP contribution in [0.4, 0.5) is 10.5 Å². The van der Waals surface area contributed by atoms with Crippen molar-refractivity contribution in [1.82, 2.24) is 4.90 Å². The zero-order valence-electron chi connectivity index (χ0n) is 13.3. The van der Waals surface area contributed by atoms with E-state index in [1.54, 1.807) is 41.4 Å². The molecule has 0 aromatic heterocycles. The first kappa shape index (κ1) is 21.0. The van der Waals surface area contributed by atoms with E-state index in [0.29, 0.717) is 22.3 Å². The number of carbonyl (C=O) groups excluding carboxylic acids is 1. The minimum atomic E-state index is -0.101. The predicted molar refractivity (Wildman–Crippen MR) is 90.0 cm³/mol. The van der Waals surface area contributed by atoms with Crippen LogP contribution >= 0.6 is 23.2 Å². The summed E-state index contributed by atoms with van der Waals surface area (Å²) >= 11 is 12.0. The number of benzene rings is 1. The summed E-state index contributed by atoms with van der Waals surface area (Å²) in [6, 6.07) is 5.06. The largest absolute Gasteiger partial charge is 1.00 e. The second-order valence-corrected chi connectivity index (χ2v) is 5.92. The number of hydrogen-bond acceptors (Lipinski definition) is 1. The van der Waals surface area contributed by atoms with Crippen molar-refractivity contribution in [2.45, 2.75) is 19.8 Å². The van der Waals surface area contributed by atoms with Gasteiger partial charge in [0.05, 0.1) is 24.1 Å². The molecule has 7 heteroatoms. The Morgan fingerprint density at radius 2 is 1.91 bits per heavy atom. The molecule has 4 nitrogen and oxygen atoms in total. The standard InChI is InChI=1S/C15H22Cl2N3O.ClH/c1-5-6-9-19(4)15(21)20(11-18(2)3)12-7-8-13(16)14(17)10-12;/h7-8,10-11H,5-6,9H2,1-4H3;1H/q+1;/p-1. The Morgan fingerprint density at radius 1 is 1.27 bits per heavy atom. The lowest BCUT2D eigenvalue weighted by Gasteiger charge is -2.20. The van der Waals surface area contributed by atoms with Gasteiger partial charge in [-0.1, -0.05) is 36.5 Å². The molecule has 0 saturated heterocycles. The summed E-state index contributed by atoms with van der Waals surface area (Å²) in [5.41, 5.74) is 0.687. The lowest BCUT2D eigenvalue weighted by molar-refractivity contribution is -0.460. The van der Waals surface area contributed by atoms with Crippen molar-refractivity contribution in [1.29, 1.82) is 0 Å². The topological polar surface area (TPSA) is 26.6 Å². The first-order chi connectivity index (χ1) is 9.86. The highest BCUT2D eigenvalue weighted by molar-refractivity contribution is 6.42. The fraction of sp³-hybridized carbons (Fsp3) is 0.467. The summed E-state index contributed by atoms with van der Waals surface area (Å²) in [5, 5.41) is 0.896. The van der Waals surface area contributed by atoms with Crippen molar-refractivity contribution in [3.63, 3.8) is 0 Å². The highest BCUT2D eigenvalue weighted by Crippen LogP contribution is 2.27. The molecule has 1 aromatic carbocycles. The molecule has 0 bridgehead atoms. The quantitative estimate of drug-likeness (QED) is 0.433. The highest BCUT2D eigenvalue weighted by Gasteiger charge is 2.25. The molecule has 0 unspecified atom stereocenters. The van der Waals surface area contributed by atoms with Crippen molar-refractivity contribution in [3.05, 3.63) is 28.2 Å². The van der Waals surface area contributed by atoms with E-state index in [9.17, 15) is 4.79 Å². The number of rotatable bonds is 5. The normalized spacial score (nSPS) is 9.73. The molecule has 0 fully saturated rings. The van der Waals surface area contributed by atoms with Gasteiger partial charge in [0.25, 0.3) is 0 Å². The number of anilines is 1. The summed E-state index contributed by atoms with van der Waals surface area (Å²) in [5.74, 6) is 0. The van der Waals surface area contributed by atoms with Crippen molar-refractivity contribution >= 4 is 41.3 Å². The first-order valence-electron chi connectivity index (χ1n) is 6.87. The van der Waals surface area contributed by atoms with E-state index in [-0.39, 0.29) is 18.4 Å². The minimum absolute atomic E-state index is 0. The number of hydrogen-bond donors (Lipinski definition) is 0. The van der Waals surface area contributed by atoms with Crippen LogP contribution in [-0.4, -0.2) is 49.5 Å². The Morgan fingerprint density at radius 3 is 2.41 bits per heavy atom. The molecule has 0 heterocycles. The molecule has 1 rings (SSSR count). The summed E-state index contributed by atoms with van der Waals surface area (Å²) in [4.78, 5) is 15.9. The van der Waals surface area contributed by atoms with Gasteiger partial charge in [-0.2, -0.15) is 0 Å². The van der Waals surface area contributed by atoms with Crippen LogP contribution in [0.2, 0.25) is 10.0 Å². The molecule has 0 spiro atoms. The van der Waals surface area contributed by atoms with Crippen LogP contribution in [0.15, 0.2) is 18.2 Å². The van der Waals surface area contributed by atoms with Crippen LogP contribution in [0.25, 0.3) is 0 Å². The Hall–Kier alpha value is -0.970. The van der Waals surface area contributed by atoms with E-state index in [0.717, 1.165) is 12.8 Å². The van der Waals surface area contributed by atoms with Crippen molar-refractivity contribution in [2.75, 3.05) is 32.6 Å².